The molecule has 0 radical (unpaired) electrons. The average molecular weight is 213 g/mol. The van der Waals surface area contributed by atoms with Gasteiger partial charge in [0.2, 0.25) is 0 Å². The molecule has 1 heteroatoms. The Morgan fingerprint density at radius 3 is 2.36 bits per heavy atom. The minimum absolute atomic E-state index is 0.677. The molecule has 11 heavy (non-hydrogen) atoms. The van der Waals surface area contributed by atoms with Crippen LogP contribution in [-0.2, 0) is 0 Å². The number of benzene rings is 1. The van der Waals surface area contributed by atoms with Crippen LogP contribution >= 0.6 is 15.9 Å². The molecule has 0 fully saturated rings. The SMILES string of the molecule is CC[C@@H](CBr)c1ccccc1. The van der Waals surface area contributed by atoms with Gasteiger partial charge in [-0.05, 0) is 17.9 Å². The lowest BCUT2D eigenvalue weighted by atomic mass is 9.99. The standard InChI is InChI=1S/C10H13Br/c1-2-9(8-11)10-6-4-3-5-7-10/h3-7,9H,2,8H2,1H3/t9-/m0/s1. The first kappa shape index (κ1) is 8.79. The summed E-state index contributed by atoms with van der Waals surface area (Å²) in [5, 5.41) is 1.06. The van der Waals surface area contributed by atoms with Gasteiger partial charge in [0.25, 0.3) is 0 Å². The second-order valence-electron chi connectivity index (χ2n) is 2.67. The van der Waals surface area contributed by atoms with Crippen molar-refractivity contribution in [2.75, 3.05) is 5.33 Å². The largest absolute Gasteiger partial charge is 0.0921 e. The Kier molecular flexibility index (Phi) is 3.64. The van der Waals surface area contributed by atoms with Crippen molar-refractivity contribution in [2.45, 2.75) is 19.3 Å². The van der Waals surface area contributed by atoms with Crippen molar-refractivity contribution >= 4 is 15.9 Å². The molecule has 1 aromatic carbocycles. The van der Waals surface area contributed by atoms with Crippen LogP contribution in [0.1, 0.15) is 24.8 Å². The first-order valence-corrected chi connectivity index (χ1v) is 5.11. The molecule has 0 bridgehead atoms. The van der Waals surface area contributed by atoms with Crippen molar-refractivity contribution in [3.63, 3.8) is 0 Å². The second kappa shape index (κ2) is 4.55. The average Bonchev–Trinajstić information content (AvgIpc) is 2.09. The van der Waals surface area contributed by atoms with Crippen LogP contribution in [0.5, 0.6) is 0 Å². The Bertz CT molecular complexity index is 189. The normalized spacial score (nSPS) is 12.9. The Morgan fingerprint density at radius 2 is 1.91 bits per heavy atom. The van der Waals surface area contributed by atoms with Gasteiger partial charge >= 0.3 is 0 Å². The van der Waals surface area contributed by atoms with E-state index in [0.29, 0.717) is 5.92 Å². The fourth-order valence-electron chi connectivity index (χ4n) is 1.16. The lowest BCUT2D eigenvalue weighted by molar-refractivity contribution is 0.749. The van der Waals surface area contributed by atoms with Crippen molar-refractivity contribution in [3.05, 3.63) is 35.9 Å². The number of rotatable bonds is 3. The number of alkyl halides is 1. The van der Waals surface area contributed by atoms with Gasteiger partial charge in [-0.1, -0.05) is 53.2 Å². The van der Waals surface area contributed by atoms with Gasteiger partial charge in [0, 0.05) is 5.33 Å². The van der Waals surface area contributed by atoms with Gasteiger partial charge in [-0.2, -0.15) is 0 Å². The summed E-state index contributed by atoms with van der Waals surface area (Å²) < 4.78 is 0. The van der Waals surface area contributed by atoms with Crippen molar-refractivity contribution in [1.82, 2.24) is 0 Å². The van der Waals surface area contributed by atoms with Crippen molar-refractivity contribution < 1.29 is 0 Å². The van der Waals surface area contributed by atoms with E-state index in [0.717, 1.165) is 5.33 Å². The molecule has 0 saturated carbocycles. The molecule has 1 atom stereocenters. The van der Waals surface area contributed by atoms with E-state index < -0.39 is 0 Å². The smallest absolute Gasteiger partial charge is 0.0100 e. The van der Waals surface area contributed by atoms with E-state index in [1.54, 1.807) is 0 Å². The maximum Gasteiger partial charge on any atom is 0.0100 e. The summed E-state index contributed by atoms with van der Waals surface area (Å²) in [5.41, 5.74) is 1.44. The number of hydrogen-bond acceptors (Lipinski definition) is 0. The molecule has 0 N–H and O–H groups in total. The maximum absolute atomic E-state index is 3.51. The van der Waals surface area contributed by atoms with Crippen LogP contribution in [0.15, 0.2) is 30.3 Å². The molecule has 0 aliphatic rings. The van der Waals surface area contributed by atoms with E-state index in [4.69, 9.17) is 0 Å². The summed E-state index contributed by atoms with van der Waals surface area (Å²) >= 11 is 3.51. The molecule has 1 rings (SSSR count). The number of halogens is 1. The van der Waals surface area contributed by atoms with Crippen LogP contribution in [0, 0.1) is 0 Å². The molecule has 0 nitrogen and oxygen atoms in total. The molecule has 0 aliphatic carbocycles. The number of hydrogen-bond donors (Lipinski definition) is 0. The van der Waals surface area contributed by atoms with Crippen molar-refractivity contribution in [3.8, 4) is 0 Å². The van der Waals surface area contributed by atoms with Crippen molar-refractivity contribution in [1.29, 1.82) is 0 Å². The van der Waals surface area contributed by atoms with E-state index in [-0.39, 0.29) is 0 Å². The third-order valence-corrected chi connectivity index (χ3v) is 2.73. The van der Waals surface area contributed by atoms with Crippen molar-refractivity contribution in [2.24, 2.45) is 0 Å². The third kappa shape index (κ3) is 2.33. The highest BCUT2D eigenvalue weighted by Gasteiger charge is 2.04. The second-order valence-corrected chi connectivity index (χ2v) is 3.32. The lowest BCUT2D eigenvalue weighted by Gasteiger charge is -2.10. The minimum atomic E-state index is 0.677. The van der Waals surface area contributed by atoms with Crippen LogP contribution in [0.4, 0.5) is 0 Å². The fourth-order valence-corrected chi connectivity index (χ4v) is 1.99. The van der Waals surface area contributed by atoms with Gasteiger partial charge in [-0.15, -0.1) is 0 Å². The van der Waals surface area contributed by atoms with Gasteiger partial charge in [0.05, 0.1) is 0 Å². The quantitative estimate of drug-likeness (QED) is 0.673. The topological polar surface area (TPSA) is 0 Å². The first-order chi connectivity index (χ1) is 5.38. The third-order valence-electron chi connectivity index (χ3n) is 1.95. The predicted molar refractivity (Wildman–Crippen MR) is 53.3 cm³/mol. The molecule has 0 heterocycles. The molecule has 0 saturated heterocycles. The summed E-state index contributed by atoms with van der Waals surface area (Å²) in [5.74, 6) is 0.677. The van der Waals surface area contributed by atoms with Gasteiger partial charge in [-0.3, -0.25) is 0 Å². The Balaban J connectivity index is 2.74. The van der Waals surface area contributed by atoms with E-state index in [9.17, 15) is 0 Å². The summed E-state index contributed by atoms with van der Waals surface area (Å²) in [4.78, 5) is 0. The van der Waals surface area contributed by atoms with Gasteiger partial charge in [-0.25, -0.2) is 0 Å². The molecule has 0 aromatic heterocycles. The highest BCUT2D eigenvalue weighted by molar-refractivity contribution is 9.09. The zero-order chi connectivity index (χ0) is 8.10. The van der Waals surface area contributed by atoms with Gasteiger partial charge < -0.3 is 0 Å². The molecule has 1 aromatic rings. The Morgan fingerprint density at radius 1 is 1.27 bits per heavy atom. The minimum Gasteiger partial charge on any atom is -0.0921 e. The van der Waals surface area contributed by atoms with Crippen LogP contribution < -0.4 is 0 Å². The van der Waals surface area contributed by atoms with E-state index in [1.807, 2.05) is 0 Å². The molecular formula is C10H13Br. The van der Waals surface area contributed by atoms with E-state index in [1.165, 1.54) is 12.0 Å². The summed E-state index contributed by atoms with van der Waals surface area (Å²) in [7, 11) is 0. The van der Waals surface area contributed by atoms with Crippen LogP contribution in [0.25, 0.3) is 0 Å². The Labute approximate surface area is 76.8 Å². The molecule has 0 spiro atoms. The monoisotopic (exact) mass is 212 g/mol. The molecule has 0 aliphatic heterocycles. The highest BCUT2D eigenvalue weighted by atomic mass is 79.9. The summed E-state index contributed by atoms with van der Waals surface area (Å²) in [6, 6.07) is 10.6. The fraction of sp³-hybridized carbons (Fsp3) is 0.400. The lowest BCUT2D eigenvalue weighted by Crippen LogP contribution is -1.97. The van der Waals surface area contributed by atoms with E-state index in [2.05, 4.69) is 53.2 Å². The van der Waals surface area contributed by atoms with Crippen LogP contribution in [0.2, 0.25) is 0 Å². The highest BCUT2D eigenvalue weighted by Crippen LogP contribution is 2.20. The van der Waals surface area contributed by atoms with Gasteiger partial charge in [0.1, 0.15) is 0 Å². The molecular weight excluding hydrogens is 200 g/mol. The predicted octanol–water partition coefficient (Wildman–Crippen LogP) is 3.58. The Hall–Kier alpha value is -0.300. The molecule has 0 unspecified atom stereocenters. The maximum atomic E-state index is 3.51. The molecule has 60 valence electrons. The summed E-state index contributed by atoms with van der Waals surface area (Å²) in [6.45, 7) is 2.22. The zero-order valence-electron chi connectivity index (χ0n) is 6.76. The van der Waals surface area contributed by atoms with E-state index >= 15 is 0 Å². The first-order valence-electron chi connectivity index (χ1n) is 3.99. The van der Waals surface area contributed by atoms with Crippen LogP contribution in [0.3, 0.4) is 0 Å². The van der Waals surface area contributed by atoms with Gasteiger partial charge in [0.15, 0.2) is 0 Å². The summed E-state index contributed by atoms with van der Waals surface area (Å²) in [6.07, 6.45) is 1.20. The zero-order valence-corrected chi connectivity index (χ0v) is 8.34. The molecule has 0 amide bonds. The van der Waals surface area contributed by atoms with Crippen LogP contribution in [-0.4, -0.2) is 5.33 Å².